The van der Waals surface area contributed by atoms with Gasteiger partial charge in [-0.15, -0.1) is 0 Å². The average Bonchev–Trinajstić information content (AvgIpc) is 3.48. The smallest absolute Gasteiger partial charge is 0.227 e. The van der Waals surface area contributed by atoms with Gasteiger partial charge < -0.3 is 19.9 Å². The Morgan fingerprint density at radius 2 is 1.97 bits per heavy atom. The van der Waals surface area contributed by atoms with E-state index in [2.05, 4.69) is 22.2 Å². The fourth-order valence-electron chi connectivity index (χ4n) is 4.58. The van der Waals surface area contributed by atoms with Gasteiger partial charge in [0.15, 0.2) is 10.8 Å². The summed E-state index contributed by atoms with van der Waals surface area (Å²) in [4.78, 5) is 38.8. The Balaban J connectivity index is 1.24. The molecule has 0 aliphatic carbocycles. The second-order valence-corrected chi connectivity index (χ2v) is 10.2. The molecule has 0 radical (unpaired) electrons. The van der Waals surface area contributed by atoms with Crippen LogP contribution in [0.15, 0.2) is 35.6 Å². The van der Waals surface area contributed by atoms with Gasteiger partial charge in [-0.05, 0) is 24.8 Å². The normalized spacial score (nSPS) is 18.3. The molecule has 0 saturated carbocycles. The van der Waals surface area contributed by atoms with Crippen molar-refractivity contribution in [3.63, 3.8) is 0 Å². The number of carbonyl (C=O) groups is 2. The highest BCUT2D eigenvalue weighted by Gasteiger charge is 2.35. The molecule has 5 rings (SSSR count). The summed E-state index contributed by atoms with van der Waals surface area (Å²) < 4.78 is 7.32. The Labute approximate surface area is 214 Å². The van der Waals surface area contributed by atoms with Gasteiger partial charge in [0, 0.05) is 38.3 Å². The van der Waals surface area contributed by atoms with Crippen LogP contribution in [0.5, 0.6) is 0 Å². The fraction of sp³-hybridized carbons (Fsp3) is 0.480. The molecule has 2 fully saturated rings. The van der Waals surface area contributed by atoms with E-state index in [0.29, 0.717) is 32.8 Å². The zero-order valence-corrected chi connectivity index (χ0v) is 21.5. The second kappa shape index (κ2) is 10.8. The summed E-state index contributed by atoms with van der Waals surface area (Å²) in [6, 6.07) is 7.80. The number of benzene rings is 1. The predicted octanol–water partition coefficient (Wildman–Crippen LogP) is 2.25. The van der Waals surface area contributed by atoms with Crippen molar-refractivity contribution in [3.8, 4) is 0 Å². The molecule has 1 aromatic carbocycles. The van der Waals surface area contributed by atoms with Crippen LogP contribution in [0.4, 0.5) is 11.5 Å². The van der Waals surface area contributed by atoms with Gasteiger partial charge in [-0.1, -0.05) is 36.4 Å². The van der Waals surface area contributed by atoms with Crippen molar-refractivity contribution in [2.75, 3.05) is 54.9 Å². The summed E-state index contributed by atoms with van der Waals surface area (Å²) >= 11 is 1.60. The Morgan fingerprint density at radius 1 is 1.19 bits per heavy atom. The molecule has 2 amide bonds. The van der Waals surface area contributed by atoms with Crippen molar-refractivity contribution in [1.29, 1.82) is 0 Å². The molecule has 1 N–H and O–H groups in total. The van der Waals surface area contributed by atoms with Crippen molar-refractivity contribution < 1.29 is 14.3 Å². The lowest BCUT2D eigenvalue weighted by Gasteiger charge is -2.28. The van der Waals surface area contributed by atoms with Crippen LogP contribution in [0.1, 0.15) is 18.9 Å². The molecule has 2 aliphatic rings. The van der Waals surface area contributed by atoms with Gasteiger partial charge in [-0.25, -0.2) is 14.6 Å². The molecule has 10 nitrogen and oxygen atoms in total. The van der Waals surface area contributed by atoms with E-state index < -0.39 is 0 Å². The number of thioether (sulfide) groups is 1. The lowest BCUT2D eigenvalue weighted by Crippen LogP contribution is -2.37. The number of aryl methyl sites for hydroxylation is 1. The zero-order chi connectivity index (χ0) is 25.1. The molecule has 0 spiro atoms. The first-order valence-corrected chi connectivity index (χ1v) is 13.4. The maximum atomic E-state index is 12.8. The SMILES string of the molecule is CCSc1nc(N2CCOCC2)c2cnn(CCNC(=O)C3CC(=O)N(c4ccc(C)cc4)C3)c2n1. The van der Waals surface area contributed by atoms with Crippen LogP contribution in [0.2, 0.25) is 0 Å². The van der Waals surface area contributed by atoms with E-state index >= 15 is 0 Å². The lowest BCUT2D eigenvalue weighted by atomic mass is 10.1. The monoisotopic (exact) mass is 509 g/mol. The fourth-order valence-corrected chi connectivity index (χ4v) is 5.14. The molecular weight excluding hydrogens is 478 g/mol. The molecule has 190 valence electrons. The van der Waals surface area contributed by atoms with Gasteiger partial charge in [0.05, 0.1) is 37.3 Å². The summed E-state index contributed by atoms with van der Waals surface area (Å²) in [6.45, 7) is 8.27. The minimum absolute atomic E-state index is 0.0228. The molecule has 1 atom stereocenters. The van der Waals surface area contributed by atoms with Crippen LogP contribution in [-0.2, 0) is 20.9 Å². The summed E-state index contributed by atoms with van der Waals surface area (Å²) in [5.74, 6) is 1.26. The maximum Gasteiger partial charge on any atom is 0.227 e. The Bertz CT molecular complexity index is 1240. The standard InChI is InChI=1S/C25H31N7O3S/c1-3-36-25-28-22(30-10-12-35-13-11-30)20-15-27-32(23(20)29-25)9-8-26-24(34)18-14-21(33)31(16-18)19-6-4-17(2)5-7-19/h4-7,15,18H,3,8-14,16H2,1-2H3,(H,26,34). The van der Waals surface area contributed by atoms with Crippen molar-refractivity contribution in [2.24, 2.45) is 5.92 Å². The van der Waals surface area contributed by atoms with Crippen LogP contribution < -0.4 is 15.1 Å². The van der Waals surface area contributed by atoms with E-state index in [1.54, 1.807) is 22.9 Å². The number of nitrogens with one attached hydrogen (secondary N) is 1. The largest absolute Gasteiger partial charge is 0.378 e. The molecule has 0 bridgehead atoms. The van der Waals surface area contributed by atoms with E-state index in [1.807, 2.05) is 35.9 Å². The minimum Gasteiger partial charge on any atom is -0.378 e. The van der Waals surface area contributed by atoms with E-state index in [-0.39, 0.29) is 24.2 Å². The van der Waals surface area contributed by atoms with Crippen molar-refractivity contribution >= 4 is 46.1 Å². The van der Waals surface area contributed by atoms with Gasteiger partial charge in [0.1, 0.15) is 5.82 Å². The highest BCUT2D eigenvalue weighted by Crippen LogP contribution is 2.28. The molecule has 4 heterocycles. The molecule has 36 heavy (non-hydrogen) atoms. The molecule has 2 saturated heterocycles. The number of fused-ring (bicyclic) bond motifs is 1. The number of carbonyl (C=O) groups excluding carboxylic acids is 2. The Kier molecular flexibility index (Phi) is 7.38. The third-order valence-corrected chi connectivity index (χ3v) is 7.23. The third kappa shape index (κ3) is 5.17. The van der Waals surface area contributed by atoms with Crippen molar-refractivity contribution in [2.45, 2.75) is 32.0 Å². The Morgan fingerprint density at radius 3 is 2.72 bits per heavy atom. The van der Waals surface area contributed by atoms with Gasteiger partial charge in [-0.3, -0.25) is 9.59 Å². The third-order valence-electron chi connectivity index (χ3n) is 6.50. The van der Waals surface area contributed by atoms with Crippen LogP contribution in [0.25, 0.3) is 11.0 Å². The topological polar surface area (TPSA) is 105 Å². The van der Waals surface area contributed by atoms with E-state index in [1.165, 1.54) is 0 Å². The second-order valence-electron chi connectivity index (χ2n) is 9.00. The zero-order valence-electron chi connectivity index (χ0n) is 20.6. The van der Waals surface area contributed by atoms with Gasteiger partial charge in [-0.2, -0.15) is 5.10 Å². The molecule has 3 aromatic rings. The molecule has 1 unspecified atom stereocenters. The summed E-state index contributed by atoms with van der Waals surface area (Å²) in [5, 5.41) is 9.17. The first kappa shape index (κ1) is 24.5. The first-order valence-electron chi connectivity index (χ1n) is 12.4. The van der Waals surface area contributed by atoms with Gasteiger partial charge >= 0.3 is 0 Å². The number of ether oxygens (including phenoxy) is 1. The van der Waals surface area contributed by atoms with Crippen LogP contribution in [-0.4, -0.2) is 76.7 Å². The molecule has 2 aromatic heterocycles. The number of rotatable bonds is 8. The number of morpholine rings is 1. The van der Waals surface area contributed by atoms with Gasteiger partial charge in [0.25, 0.3) is 0 Å². The number of nitrogens with zero attached hydrogens (tertiary/aromatic N) is 6. The van der Waals surface area contributed by atoms with E-state index in [9.17, 15) is 9.59 Å². The first-order chi connectivity index (χ1) is 17.5. The molecule has 2 aliphatic heterocycles. The number of anilines is 2. The van der Waals surface area contributed by atoms with Crippen molar-refractivity contribution in [3.05, 3.63) is 36.0 Å². The highest BCUT2D eigenvalue weighted by molar-refractivity contribution is 7.99. The van der Waals surface area contributed by atoms with E-state index in [4.69, 9.17) is 14.7 Å². The number of amides is 2. The summed E-state index contributed by atoms with van der Waals surface area (Å²) in [6.07, 6.45) is 2.02. The molecule has 11 heteroatoms. The van der Waals surface area contributed by atoms with E-state index in [0.717, 1.165) is 52.1 Å². The quantitative estimate of drug-likeness (QED) is 0.364. The molecular formula is C25H31N7O3S. The predicted molar refractivity (Wildman–Crippen MR) is 139 cm³/mol. The van der Waals surface area contributed by atoms with Crippen molar-refractivity contribution in [1.82, 2.24) is 25.1 Å². The Hall–Kier alpha value is -3.18. The lowest BCUT2D eigenvalue weighted by molar-refractivity contribution is -0.126. The number of hydrogen-bond acceptors (Lipinski definition) is 8. The highest BCUT2D eigenvalue weighted by atomic mass is 32.2. The summed E-state index contributed by atoms with van der Waals surface area (Å²) in [5.41, 5.74) is 2.73. The van der Waals surface area contributed by atoms with Crippen LogP contribution in [0, 0.1) is 12.8 Å². The average molecular weight is 510 g/mol. The minimum atomic E-state index is -0.365. The summed E-state index contributed by atoms with van der Waals surface area (Å²) in [7, 11) is 0. The van der Waals surface area contributed by atoms with Crippen LogP contribution in [0.3, 0.4) is 0 Å². The van der Waals surface area contributed by atoms with Crippen LogP contribution >= 0.6 is 11.8 Å². The number of hydrogen-bond donors (Lipinski definition) is 1. The number of aromatic nitrogens is 4. The van der Waals surface area contributed by atoms with Gasteiger partial charge in [0.2, 0.25) is 11.8 Å². The maximum absolute atomic E-state index is 12.8.